The second kappa shape index (κ2) is 25.4. The van der Waals surface area contributed by atoms with Crippen molar-refractivity contribution in [2.24, 2.45) is 0 Å². The van der Waals surface area contributed by atoms with E-state index in [0.717, 1.165) is 157 Å². The highest BCUT2D eigenvalue weighted by atomic mass is 16.5. The van der Waals surface area contributed by atoms with Gasteiger partial charge in [-0.1, -0.05) is 325 Å². The van der Waals surface area contributed by atoms with Crippen molar-refractivity contribution in [2.45, 2.75) is 97.8 Å². The number of rotatable bonds is 9. The zero-order valence-corrected chi connectivity index (χ0v) is 64.7. The molecule has 20 rings (SSSR count). The molecular weight excluding hydrogens is 1340 g/mol. The van der Waals surface area contributed by atoms with Crippen molar-refractivity contribution in [3.8, 4) is 89.4 Å². The molecule has 6 heteroatoms. The summed E-state index contributed by atoms with van der Waals surface area (Å²) in [7, 11) is 0. The molecule has 111 heavy (non-hydrogen) atoms. The van der Waals surface area contributed by atoms with Crippen LogP contribution in [0.15, 0.2) is 327 Å². The third-order valence-corrected chi connectivity index (χ3v) is 24.2. The Labute approximate surface area is 662 Å². The summed E-state index contributed by atoms with van der Waals surface area (Å²) in [5, 5.41) is 0. The molecule has 5 aliphatic rings. The van der Waals surface area contributed by atoms with E-state index in [1.165, 1.54) is 33.4 Å². The Bertz CT molecular complexity index is 6450. The topological polar surface area (TPSA) is 19.0 Å². The molecule has 0 unspecified atom stereocenters. The van der Waals surface area contributed by atoms with Gasteiger partial charge in [0.05, 0.1) is 18.2 Å². The molecule has 15 aromatic rings. The van der Waals surface area contributed by atoms with Crippen molar-refractivity contribution in [1.29, 1.82) is 0 Å². The van der Waals surface area contributed by atoms with Crippen LogP contribution in [-0.4, -0.2) is 13.4 Å². The number of hydrogen-bond donors (Lipinski definition) is 0. The number of hydrogen-bond acceptors (Lipinski definition) is 4. The maximum atomic E-state index is 9.25. The number of benzene rings is 15. The average molecular weight is 1430 g/mol. The van der Waals surface area contributed by atoms with Gasteiger partial charge in [-0.2, -0.15) is 0 Å². The van der Waals surface area contributed by atoms with E-state index in [1.807, 2.05) is 12.1 Å². The molecule has 0 amide bonds. The standard InChI is InChI=1S/C105H87B2N3O/c1-102(2,3)73-58-80(68-36-19-13-20-37-68)100(81(59-73)69-38-21-14-22-39-69)109-90-51-32-30-49-86(90)107-88-64-87-91(65-95(88)111-96-57-72(56-92(109)99(96)107)77-45-33-46-79-78-44-27-28-47-84(78)105(10,11)97(77)79)108(76-54-52-67(53-55-76)66-34-17-12-18-35-66)93-62-75(104(7,8)9)63-94-98(93)106(87)85-48-29-31-50-89(85)110(94)101-82(70-40-23-15-24-41-70)60-74(103(4,5)6)61-83(101)71-42-25-16-26-43-71/h12-65H,1-11H3/i12D,17D,18D,34D,35D. The smallest absolute Gasteiger partial charge is 0.256 e. The van der Waals surface area contributed by atoms with Gasteiger partial charge in [0, 0.05) is 73.5 Å². The summed E-state index contributed by atoms with van der Waals surface area (Å²) in [5.74, 6) is 1.51. The number of fused-ring (bicyclic) bond motifs is 11. The maximum Gasteiger partial charge on any atom is 0.256 e. The van der Waals surface area contributed by atoms with Crippen LogP contribution in [0.1, 0.15) is 111 Å². The molecule has 0 aromatic heterocycles. The quantitative estimate of drug-likeness (QED) is 0.134. The van der Waals surface area contributed by atoms with E-state index >= 15 is 0 Å². The Hall–Kier alpha value is -12.4. The summed E-state index contributed by atoms with van der Waals surface area (Å²) in [6, 6.07) is 108. The minimum absolute atomic E-state index is 0.149. The summed E-state index contributed by atoms with van der Waals surface area (Å²) in [4.78, 5) is 7.62. The summed E-state index contributed by atoms with van der Waals surface area (Å²) in [6.45, 7) is 24.9. The summed E-state index contributed by atoms with van der Waals surface area (Å²) >= 11 is 0. The van der Waals surface area contributed by atoms with Crippen LogP contribution in [-0.2, 0) is 21.7 Å². The van der Waals surface area contributed by atoms with Gasteiger partial charge in [-0.05, 0) is 205 Å². The summed E-state index contributed by atoms with van der Waals surface area (Å²) < 4.78 is 52.9. The highest BCUT2D eigenvalue weighted by Gasteiger charge is 2.50. The average Bonchev–Trinajstić information content (AvgIpc) is 0.771. The Morgan fingerprint density at radius 3 is 1.24 bits per heavy atom. The van der Waals surface area contributed by atoms with Crippen molar-refractivity contribution in [3.05, 3.63) is 355 Å². The lowest BCUT2D eigenvalue weighted by molar-refractivity contribution is 0.488. The molecule has 0 spiro atoms. The van der Waals surface area contributed by atoms with Crippen molar-refractivity contribution in [1.82, 2.24) is 0 Å². The van der Waals surface area contributed by atoms with E-state index in [0.29, 0.717) is 5.56 Å². The molecule has 0 bridgehead atoms. The third-order valence-electron chi connectivity index (χ3n) is 24.2. The van der Waals surface area contributed by atoms with Crippen molar-refractivity contribution < 1.29 is 11.6 Å². The van der Waals surface area contributed by atoms with Crippen LogP contribution in [0.4, 0.5) is 51.2 Å². The highest BCUT2D eigenvalue weighted by Crippen LogP contribution is 2.58. The van der Waals surface area contributed by atoms with E-state index in [9.17, 15) is 2.74 Å². The first kappa shape index (κ1) is 62.5. The second-order valence-corrected chi connectivity index (χ2v) is 34.4. The van der Waals surface area contributed by atoms with Crippen LogP contribution < -0.4 is 52.2 Å². The van der Waals surface area contributed by atoms with Crippen LogP contribution in [0, 0.1) is 0 Å². The molecule has 4 nitrogen and oxygen atoms in total. The van der Waals surface area contributed by atoms with Gasteiger partial charge in [0.25, 0.3) is 13.4 Å². The van der Waals surface area contributed by atoms with E-state index < -0.39 is 6.04 Å². The zero-order valence-electron chi connectivity index (χ0n) is 69.7. The molecule has 1 aliphatic carbocycles. The Morgan fingerprint density at radius 1 is 0.297 bits per heavy atom. The monoisotopic (exact) mass is 1430 g/mol. The molecule has 0 fully saturated rings. The van der Waals surface area contributed by atoms with Crippen molar-refractivity contribution in [3.63, 3.8) is 0 Å². The van der Waals surface area contributed by atoms with Gasteiger partial charge < -0.3 is 19.4 Å². The molecule has 0 saturated carbocycles. The molecule has 534 valence electrons. The van der Waals surface area contributed by atoms with E-state index in [-0.39, 0.29) is 64.8 Å². The predicted octanol–water partition coefficient (Wildman–Crippen LogP) is 24.4. The lowest BCUT2D eigenvalue weighted by atomic mass is 9.30. The summed E-state index contributed by atoms with van der Waals surface area (Å²) in [5.41, 5.74) is 35.2. The third kappa shape index (κ3) is 10.9. The van der Waals surface area contributed by atoms with Crippen LogP contribution in [0.2, 0.25) is 0 Å². The van der Waals surface area contributed by atoms with Crippen LogP contribution in [0.3, 0.4) is 0 Å². The Kier molecular flexibility index (Phi) is 14.3. The number of anilines is 9. The van der Waals surface area contributed by atoms with Gasteiger partial charge in [-0.25, -0.2) is 0 Å². The minimum Gasteiger partial charge on any atom is -0.458 e. The first-order chi connectivity index (χ1) is 55.8. The number of para-hydroxylation sites is 2. The molecule has 15 aromatic carbocycles. The van der Waals surface area contributed by atoms with Crippen molar-refractivity contribution >= 4 is 97.4 Å². The molecule has 0 atom stereocenters. The van der Waals surface area contributed by atoms with E-state index in [1.54, 1.807) is 0 Å². The van der Waals surface area contributed by atoms with Crippen LogP contribution in [0.5, 0.6) is 11.5 Å². The van der Waals surface area contributed by atoms with E-state index in [2.05, 4.69) is 376 Å². The van der Waals surface area contributed by atoms with Gasteiger partial charge in [-0.3, -0.25) is 0 Å². The summed E-state index contributed by atoms with van der Waals surface area (Å²) in [6.07, 6.45) is 0. The normalized spacial score (nSPS) is 14.6. The minimum atomic E-state index is -0.427. The zero-order chi connectivity index (χ0) is 79.9. The van der Waals surface area contributed by atoms with E-state index in [4.69, 9.17) is 8.85 Å². The first-order valence-electron chi connectivity index (χ1n) is 41.6. The SMILES string of the molecule is [2H]c1c([2H])c([2H])c(-c2ccc(N3c4cc5c(cc4B4c6ccccc6N(c6c(-c7ccccc7)cc(C(C)(C)C)cc6-c6ccccc6)c6cc(C(C)(C)C)cc3c64)B3c4ccccc4N(c4c(-c6ccccc6)cc(C(C)(C)C)cc4-c4ccccc4)c4cc(-c6cccc7c6C(C)(C)c6ccccc6-7)cc(c43)O5)cc2)c([2H])c1[2H]. The van der Waals surface area contributed by atoms with Gasteiger partial charge in [0.15, 0.2) is 0 Å². The largest absolute Gasteiger partial charge is 0.458 e. The predicted molar refractivity (Wildman–Crippen MR) is 473 cm³/mol. The highest BCUT2D eigenvalue weighted by molar-refractivity contribution is 7.02. The molecule has 4 heterocycles. The fourth-order valence-corrected chi connectivity index (χ4v) is 18.7. The molecule has 0 radical (unpaired) electrons. The second-order valence-electron chi connectivity index (χ2n) is 34.4. The Balaban J connectivity index is 0.894. The van der Waals surface area contributed by atoms with Crippen LogP contribution in [0.25, 0.3) is 77.9 Å². The molecule has 0 N–H and O–H groups in total. The molecule has 0 saturated heterocycles. The van der Waals surface area contributed by atoms with Gasteiger partial charge in [0.1, 0.15) is 11.5 Å². The fraction of sp³-hybridized carbons (Fsp3) is 0.143. The maximum absolute atomic E-state index is 9.25. The molecular formula is C105H87B2N3O. The van der Waals surface area contributed by atoms with Gasteiger partial charge >= 0.3 is 0 Å². The number of ether oxygens (including phenoxy) is 1. The van der Waals surface area contributed by atoms with Crippen molar-refractivity contribution in [2.75, 3.05) is 14.7 Å². The first-order valence-corrected chi connectivity index (χ1v) is 39.1. The Morgan fingerprint density at radius 2 is 0.730 bits per heavy atom. The molecule has 4 aliphatic heterocycles. The lowest BCUT2D eigenvalue weighted by Crippen LogP contribution is -2.64. The fourth-order valence-electron chi connectivity index (χ4n) is 18.7. The van der Waals surface area contributed by atoms with Gasteiger partial charge in [-0.15, -0.1) is 0 Å². The number of nitrogens with zero attached hydrogens (tertiary/aromatic N) is 3. The van der Waals surface area contributed by atoms with Gasteiger partial charge in [0.2, 0.25) is 0 Å². The van der Waals surface area contributed by atoms with Crippen LogP contribution >= 0.6 is 0 Å². The lowest BCUT2D eigenvalue weighted by Gasteiger charge is -2.47.